The van der Waals surface area contributed by atoms with Crippen LogP contribution < -0.4 is 16.4 Å². The minimum Gasteiger partial charge on any atom is -0.399 e. The van der Waals surface area contributed by atoms with Crippen LogP contribution in [0.25, 0.3) is 11.3 Å². The smallest absolute Gasteiger partial charge is 0.228 e. The lowest BCUT2D eigenvalue weighted by Crippen LogP contribution is -2.13. The summed E-state index contributed by atoms with van der Waals surface area (Å²) in [6.07, 6.45) is 2.85. The van der Waals surface area contributed by atoms with Gasteiger partial charge in [-0.2, -0.15) is 0 Å². The second-order valence-corrected chi connectivity index (χ2v) is 6.26. The number of amides is 1. The maximum Gasteiger partial charge on any atom is 0.228 e. The molecule has 6 heteroatoms. The number of hydrogen-bond acceptors (Lipinski definition) is 5. The number of para-hydroxylation sites is 1. The van der Waals surface area contributed by atoms with E-state index in [1.165, 1.54) is 5.56 Å². The number of benzene rings is 2. The molecule has 1 aliphatic heterocycles. The van der Waals surface area contributed by atoms with Crippen molar-refractivity contribution in [1.29, 1.82) is 0 Å². The zero-order valence-electron chi connectivity index (χ0n) is 14.2. The van der Waals surface area contributed by atoms with E-state index in [0.29, 0.717) is 12.5 Å². The van der Waals surface area contributed by atoms with Gasteiger partial charge in [0.05, 0.1) is 17.8 Å². The zero-order chi connectivity index (χ0) is 17.9. The molecule has 130 valence electrons. The van der Waals surface area contributed by atoms with Crippen molar-refractivity contribution < 1.29 is 4.79 Å². The molecule has 4 rings (SSSR count). The predicted molar refractivity (Wildman–Crippen MR) is 103 cm³/mol. The highest BCUT2D eigenvalue weighted by Crippen LogP contribution is 2.32. The number of carbonyl (C=O) groups is 1. The average Bonchev–Trinajstić information content (AvgIpc) is 2.78. The van der Waals surface area contributed by atoms with Crippen molar-refractivity contribution in [2.75, 3.05) is 22.9 Å². The summed E-state index contributed by atoms with van der Waals surface area (Å²) in [5.41, 5.74) is 11.0. The van der Waals surface area contributed by atoms with E-state index in [0.717, 1.165) is 34.6 Å². The number of aromatic nitrogens is 2. The number of rotatable bonds is 4. The van der Waals surface area contributed by atoms with E-state index in [2.05, 4.69) is 20.6 Å². The number of nitrogens with one attached hydrogen (secondary N) is 2. The Morgan fingerprint density at radius 3 is 2.77 bits per heavy atom. The molecule has 0 saturated heterocycles. The summed E-state index contributed by atoms with van der Waals surface area (Å²) >= 11 is 0. The normalized spacial score (nSPS) is 12.5. The van der Waals surface area contributed by atoms with Crippen LogP contribution in [-0.4, -0.2) is 22.4 Å². The fourth-order valence-electron chi connectivity index (χ4n) is 3.02. The standard InChI is InChI=1S/C20H19N5O/c21-15-7-5-13(6-8-15)9-10-22-20-23-12-14-11-18(26)24-17-4-2-1-3-16(17)19(14)25-20/h1-8,12H,9-11,21H2,(H,24,26)(H,22,23,25). The molecule has 4 N–H and O–H groups in total. The first-order valence-corrected chi connectivity index (χ1v) is 8.52. The molecule has 0 fully saturated rings. The molecule has 0 saturated carbocycles. The molecule has 2 heterocycles. The molecule has 0 bridgehead atoms. The Morgan fingerprint density at radius 2 is 1.92 bits per heavy atom. The Bertz CT molecular complexity index is 953. The first-order chi connectivity index (χ1) is 12.7. The van der Waals surface area contributed by atoms with Crippen LogP contribution in [0.1, 0.15) is 11.1 Å². The number of nitrogens with two attached hydrogens (primary N) is 1. The van der Waals surface area contributed by atoms with E-state index in [1.807, 2.05) is 48.5 Å². The number of hydrogen-bond donors (Lipinski definition) is 3. The monoisotopic (exact) mass is 345 g/mol. The third-order valence-electron chi connectivity index (χ3n) is 4.35. The molecular weight excluding hydrogens is 326 g/mol. The van der Waals surface area contributed by atoms with Crippen LogP contribution in [0.4, 0.5) is 17.3 Å². The van der Waals surface area contributed by atoms with E-state index >= 15 is 0 Å². The van der Waals surface area contributed by atoms with Gasteiger partial charge in [-0.05, 0) is 30.2 Å². The molecule has 0 radical (unpaired) electrons. The van der Waals surface area contributed by atoms with E-state index in [1.54, 1.807) is 6.20 Å². The number of nitrogens with zero attached hydrogens (tertiary/aromatic N) is 2. The van der Waals surface area contributed by atoms with Gasteiger partial charge in [-0.25, -0.2) is 9.97 Å². The Kier molecular flexibility index (Phi) is 4.23. The molecule has 6 nitrogen and oxygen atoms in total. The van der Waals surface area contributed by atoms with Crippen LogP contribution in [0.3, 0.4) is 0 Å². The van der Waals surface area contributed by atoms with E-state index in [-0.39, 0.29) is 12.3 Å². The van der Waals surface area contributed by atoms with Gasteiger partial charge in [0.15, 0.2) is 0 Å². The van der Waals surface area contributed by atoms with Crippen molar-refractivity contribution in [2.45, 2.75) is 12.8 Å². The lowest BCUT2D eigenvalue weighted by atomic mass is 10.1. The minimum absolute atomic E-state index is 0.0520. The molecule has 1 aromatic heterocycles. The van der Waals surface area contributed by atoms with Crippen LogP contribution in [-0.2, 0) is 17.6 Å². The number of nitrogen functional groups attached to an aromatic ring is 1. The third-order valence-corrected chi connectivity index (χ3v) is 4.35. The van der Waals surface area contributed by atoms with Gasteiger partial charge < -0.3 is 16.4 Å². The fourth-order valence-corrected chi connectivity index (χ4v) is 3.02. The number of anilines is 3. The molecule has 0 aliphatic carbocycles. The van der Waals surface area contributed by atoms with Crippen LogP contribution in [0, 0.1) is 0 Å². The van der Waals surface area contributed by atoms with E-state index in [9.17, 15) is 4.79 Å². The van der Waals surface area contributed by atoms with Crippen molar-refractivity contribution in [2.24, 2.45) is 0 Å². The lowest BCUT2D eigenvalue weighted by molar-refractivity contribution is -0.115. The summed E-state index contributed by atoms with van der Waals surface area (Å²) < 4.78 is 0. The molecular formula is C20H19N5O. The Balaban J connectivity index is 1.54. The quantitative estimate of drug-likeness (QED) is 0.632. The van der Waals surface area contributed by atoms with Crippen LogP contribution in [0.2, 0.25) is 0 Å². The largest absolute Gasteiger partial charge is 0.399 e. The molecule has 1 amide bonds. The van der Waals surface area contributed by atoms with Gasteiger partial charge in [0.2, 0.25) is 11.9 Å². The van der Waals surface area contributed by atoms with Gasteiger partial charge in [0, 0.05) is 29.6 Å². The highest BCUT2D eigenvalue weighted by Gasteiger charge is 2.20. The topological polar surface area (TPSA) is 92.9 Å². The molecule has 3 aromatic rings. The summed E-state index contributed by atoms with van der Waals surface area (Å²) in [5, 5.41) is 6.18. The summed E-state index contributed by atoms with van der Waals surface area (Å²) in [5.74, 6) is 0.507. The first-order valence-electron chi connectivity index (χ1n) is 8.52. The van der Waals surface area contributed by atoms with Crippen molar-refractivity contribution in [3.05, 3.63) is 65.9 Å². The second-order valence-electron chi connectivity index (χ2n) is 6.26. The van der Waals surface area contributed by atoms with Crippen molar-refractivity contribution in [3.63, 3.8) is 0 Å². The summed E-state index contributed by atoms with van der Waals surface area (Å²) in [6.45, 7) is 0.710. The first kappa shape index (κ1) is 16.1. The molecule has 0 atom stereocenters. The van der Waals surface area contributed by atoms with Crippen LogP contribution >= 0.6 is 0 Å². The molecule has 1 aliphatic rings. The Hall–Kier alpha value is -3.41. The number of fused-ring (bicyclic) bond motifs is 3. The highest BCUT2D eigenvalue weighted by molar-refractivity contribution is 5.99. The van der Waals surface area contributed by atoms with Gasteiger partial charge in [0.1, 0.15) is 0 Å². The molecule has 0 spiro atoms. The maximum atomic E-state index is 12.1. The van der Waals surface area contributed by atoms with Crippen molar-refractivity contribution >= 4 is 23.2 Å². The minimum atomic E-state index is -0.0520. The Morgan fingerprint density at radius 1 is 1.12 bits per heavy atom. The van der Waals surface area contributed by atoms with E-state index < -0.39 is 0 Å². The summed E-state index contributed by atoms with van der Waals surface area (Å²) in [7, 11) is 0. The summed E-state index contributed by atoms with van der Waals surface area (Å²) in [4.78, 5) is 21.1. The van der Waals surface area contributed by atoms with Gasteiger partial charge in [-0.1, -0.05) is 30.3 Å². The average molecular weight is 345 g/mol. The van der Waals surface area contributed by atoms with Gasteiger partial charge in [-0.15, -0.1) is 0 Å². The van der Waals surface area contributed by atoms with E-state index in [4.69, 9.17) is 5.73 Å². The number of carbonyl (C=O) groups excluding carboxylic acids is 1. The van der Waals surface area contributed by atoms with Crippen molar-refractivity contribution in [3.8, 4) is 11.3 Å². The second kappa shape index (κ2) is 6.84. The van der Waals surface area contributed by atoms with Gasteiger partial charge in [-0.3, -0.25) is 4.79 Å². The third kappa shape index (κ3) is 3.35. The lowest BCUT2D eigenvalue weighted by Gasteiger charge is -2.10. The predicted octanol–water partition coefficient (Wildman–Crippen LogP) is 2.88. The van der Waals surface area contributed by atoms with Crippen molar-refractivity contribution in [1.82, 2.24) is 9.97 Å². The summed E-state index contributed by atoms with van der Waals surface area (Å²) in [6, 6.07) is 15.5. The fraction of sp³-hybridized carbons (Fsp3) is 0.150. The molecule has 26 heavy (non-hydrogen) atoms. The van der Waals surface area contributed by atoms with Crippen LogP contribution in [0.5, 0.6) is 0 Å². The zero-order valence-corrected chi connectivity index (χ0v) is 14.2. The highest BCUT2D eigenvalue weighted by atomic mass is 16.1. The molecule has 0 unspecified atom stereocenters. The Labute approximate surface area is 151 Å². The van der Waals surface area contributed by atoms with Crippen LogP contribution in [0.15, 0.2) is 54.7 Å². The SMILES string of the molecule is Nc1ccc(CCNc2ncc3c(n2)-c2ccccc2NC(=O)C3)cc1. The maximum absolute atomic E-state index is 12.1. The van der Waals surface area contributed by atoms with Gasteiger partial charge in [0.25, 0.3) is 0 Å². The van der Waals surface area contributed by atoms with Gasteiger partial charge >= 0.3 is 0 Å². The molecule has 2 aromatic carbocycles.